The van der Waals surface area contributed by atoms with E-state index in [0.717, 1.165) is 44.0 Å². The van der Waals surface area contributed by atoms with E-state index in [1.165, 1.54) is 0 Å². The van der Waals surface area contributed by atoms with Crippen molar-refractivity contribution < 1.29 is 4.79 Å². The summed E-state index contributed by atoms with van der Waals surface area (Å²) in [6.07, 6.45) is 6.42. The molecule has 0 spiro atoms. The highest BCUT2D eigenvalue weighted by Gasteiger charge is 2.10. The van der Waals surface area contributed by atoms with Crippen molar-refractivity contribution in [1.82, 2.24) is 20.1 Å². The van der Waals surface area contributed by atoms with Crippen LogP contribution >= 0.6 is 24.0 Å². The van der Waals surface area contributed by atoms with Gasteiger partial charge in [-0.05, 0) is 31.9 Å². The molecule has 1 rings (SSSR count). The number of rotatable bonds is 10. The topological polar surface area (TPSA) is 60.8 Å². The lowest BCUT2D eigenvalue weighted by molar-refractivity contribution is -0.128. The Morgan fingerprint density at radius 2 is 2.08 bits per heavy atom. The molecule has 0 unspecified atom stereocenters. The van der Waals surface area contributed by atoms with E-state index in [1.54, 1.807) is 11.1 Å². The highest BCUT2D eigenvalue weighted by molar-refractivity contribution is 14.0. The quantitative estimate of drug-likeness (QED) is 0.187. The summed E-state index contributed by atoms with van der Waals surface area (Å²) in [6, 6.07) is 5.82. The van der Waals surface area contributed by atoms with Crippen LogP contribution < -0.4 is 5.32 Å². The first-order chi connectivity index (χ1) is 12.1. The molecule has 1 aromatic rings. The van der Waals surface area contributed by atoms with E-state index in [-0.39, 0.29) is 36.4 Å². The number of pyridine rings is 1. The largest absolute Gasteiger partial charge is 0.357 e. The number of aliphatic imine (C=N–C) groups is 1. The summed E-state index contributed by atoms with van der Waals surface area (Å²) >= 11 is 0. The Balaban J connectivity index is 0.00000625. The van der Waals surface area contributed by atoms with Crippen molar-refractivity contribution in [3.05, 3.63) is 42.7 Å². The number of carbonyl (C=O) groups is 1. The highest BCUT2D eigenvalue weighted by Crippen LogP contribution is 1.98. The number of halogens is 1. The van der Waals surface area contributed by atoms with Gasteiger partial charge in [-0.2, -0.15) is 0 Å². The molecule has 1 amide bonds. The Labute approximate surface area is 174 Å². The van der Waals surface area contributed by atoms with Gasteiger partial charge < -0.3 is 15.1 Å². The lowest BCUT2D eigenvalue weighted by Gasteiger charge is -2.22. The molecule has 1 heterocycles. The summed E-state index contributed by atoms with van der Waals surface area (Å²) in [5, 5.41) is 3.23. The van der Waals surface area contributed by atoms with Crippen molar-refractivity contribution in [1.29, 1.82) is 0 Å². The van der Waals surface area contributed by atoms with Gasteiger partial charge in [-0.1, -0.05) is 12.1 Å². The smallest absolute Gasteiger partial charge is 0.244 e. The fourth-order valence-corrected chi connectivity index (χ4v) is 2.26. The Hall–Kier alpha value is -1.64. The van der Waals surface area contributed by atoms with Crippen molar-refractivity contribution in [2.75, 3.05) is 40.3 Å². The molecule has 0 atom stereocenters. The van der Waals surface area contributed by atoms with Crippen LogP contribution in [-0.4, -0.2) is 66.9 Å². The summed E-state index contributed by atoms with van der Waals surface area (Å²) in [5.41, 5.74) is 0.987. The molecular formula is C19H32IN5O. The molecule has 0 aliphatic carbocycles. The Morgan fingerprint density at radius 1 is 1.31 bits per heavy atom. The van der Waals surface area contributed by atoms with Crippen LogP contribution in [0.15, 0.2) is 42.0 Å². The summed E-state index contributed by atoms with van der Waals surface area (Å²) < 4.78 is 0. The fourth-order valence-electron chi connectivity index (χ4n) is 2.26. The van der Waals surface area contributed by atoms with Crippen molar-refractivity contribution in [2.24, 2.45) is 4.99 Å². The van der Waals surface area contributed by atoms with Crippen LogP contribution in [0.1, 0.15) is 25.5 Å². The van der Waals surface area contributed by atoms with Gasteiger partial charge in [0, 0.05) is 52.0 Å². The number of likely N-dealkylation sites (N-methyl/N-ethyl adjacent to an activating group) is 1. The van der Waals surface area contributed by atoms with Crippen LogP contribution in [0, 0.1) is 0 Å². The predicted octanol–water partition coefficient (Wildman–Crippen LogP) is 2.56. The summed E-state index contributed by atoms with van der Waals surface area (Å²) in [5.74, 6) is 0.767. The fraction of sp³-hybridized carbons (Fsp3) is 0.526. The molecule has 0 radical (unpaired) electrons. The SMILES string of the molecule is C=CCCCN(C)C(=NCC(=O)N(C)CCc1ccccn1)NCC.I. The molecule has 1 aromatic heterocycles. The number of nitrogens with one attached hydrogen (secondary N) is 1. The second-order valence-electron chi connectivity index (χ2n) is 5.91. The van der Waals surface area contributed by atoms with Crippen LogP contribution in [-0.2, 0) is 11.2 Å². The van der Waals surface area contributed by atoms with Crippen molar-refractivity contribution in [3.63, 3.8) is 0 Å². The molecule has 26 heavy (non-hydrogen) atoms. The maximum Gasteiger partial charge on any atom is 0.244 e. The Morgan fingerprint density at radius 3 is 2.69 bits per heavy atom. The number of amides is 1. The average molecular weight is 473 g/mol. The lowest BCUT2D eigenvalue weighted by atomic mass is 10.2. The van der Waals surface area contributed by atoms with E-state index < -0.39 is 0 Å². The summed E-state index contributed by atoms with van der Waals surface area (Å²) in [6.45, 7) is 8.19. The van der Waals surface area contributed by atoms with Gasteiger partial charge in [0.05, 0.1) is 0 Å². The first-order valence-electron chi connectivity index (χ1n) is 8.82. The predicted molar refractivity (Wildman–Crippen MR) is 119 cm³/mol. The van der Waals surface area contributed by atoms with Crippen LogP contribution in [0.4, 0.5) is 0 Å². The first kappa shape index (κ1) is 24.4. The van der Waals surface area contributed by atoms with Crippen LogP contribution in [0.3, 0.4) is 0 Å². The number of guanidine groups is 1. The van der Waals surface area contributed by atoms with Gasteiger partial charge in [0.15, 0.2) is 5.96 Å². The third-order valence-corrected chi connectivity index (χ3v) is 3.82. The number of aromatic nitrogens is 1. The Kier molecular flexibility index (Phi) is 13.6. The lowest BCUT2D eigenvalue weighted by Crippen LogP contribution is -2.40. The maximum absolute atomic E-state index is 12.3. The van der Waals surface area contributed by atoms with E-state index in [2.05, 4.69) is 21.9 Å². The molecule has 0 aliphatic heterocycles. The van der Waals surface area contributed by atoms with Crippen LogP contribution in [0.2, 0.25) is 0 Å². The van der Waals surface area contributed by atoms with E-state index >= 15 is 0 Å². The molecule has 0 aliphatic rings. The molecule has 0 fully saturated rings. The number of hydrogen-bond acceptors (Lipinski definition) is 3. The van der Waals surface area contributed by atoms with E-state index in [0.29, 0.717) is 6.54 Å². The van der Waals surface area contributed by atoms with Gasteiger partial charge >= 0.3 is 0 Å². The van der Waals surface area contributed by atoms with Crippen LogP contribution in [0.25, 0.3) is 0 Å². The molecule has 7 heteroatoms. The molecule has 0 saturated carbocycles. The number of hydrogen-bond donors (Lipinski definition) is 1. The molecular weight excluding hydrogens is 441 g/mol. The minimum absolute atomic E-state index is 0. The van der Waals surface area contributed by atoms with Gasteiger partial charge in [-0.15, -0.1) is 30.6 Å². The number of nitrogens with zero attached hydrogens (tertiary/aromatic N) is 4. The zero-order valence-corrected chi connectivity index (χ0v) is 18.5. The van der Waals surface area contributed by atoms with Gasteiger partial charge in [0.2, 0.25) is 5.91 Å². The minimum Gasteiger partial charge on any atom is -0.357 e. The highest BCUT2D eigenvalue weighted by atomic mass is 127. The van der Waals surface area contributed by atoms with Crippen LogP contribution in [0.5, 0.6) is 0 Å². The molecule has 0 bridgehead atoms. The van der Waals surface area contributed by atoms with Gasteiger partial charge in [-0.25, -0.2) is 4.99 Å². The van der Waals surface area contributed by atoms with Crippen molar-refractivity contribution >= 4 is 35.8 Å². The number of unbranched alkanes of at least 4 members (excludes halogenated alkanes) is 1. The Bertz CT molecular complexity index is 550. The summed E-state index contributed by atoms with van der Waals surface area (Å²) in [7, 11) is 3.79. The van der Waals surface area contributed by atoms with E-state index in [4.69, 9.17) is 0 Å². The third-order valence-electron chi connectivity index (χ3n) is 3.82. The molecule has 6 nitrogen and oxygen atoms in total. The molecule has 1 N–H and O–H groups in total. The van der Waals surface area contributed by atoms with Crippen molar-refractivity contribution in [2.45, 2.75) is 26.2 Å². The van der Waals surface area contributed by atoms with Crippen molar-refractivity contribution in [3.8, 4) is 0 Å². The molecule has 0 saturated heterocycles. The van der Waals surface area contributed by atoms with Gasteiger partial charge in [0.25, 0.3) is 0 Å². The summed E-state index contributed by atoms with van der Waals surface area (Å²) in [4.78, 5) is 24.8. The monoisotopic (exact) mass is 473 g/mol. The first-order valence-corrected chi connectivity index (χ1v) is 8.82. The molecule has 0 aromatic carbocycles. The maximum atomic E-state index is 12.3. The normalized spacial score (nSPS) is 10.7. The molecule has 146 valence electrons. The zero-order chi connectivity index (χ0) is 18.5. The standard InChI is InChI=1S/C19H31N5O.HI/c1-5-7-10-14-24(4)19(20-6-2)22-16-18(25)23(3)15-12-17-11-8-9-13-21-17;/h5,8-9,11,13H,1,6-7,10,12,14-16H2,2-4H3,(H,20,22);1H. The van der Waals surface area contributed by atoms with E-state index in [1.807, 2.05) is 50.2 Å². The van der Waals surface area contributed by atoms with Gasteiger partial charge in [0.1, 0.15) is 6.54 Å². The zero-order valence-electron chi connectivity index (χ0n) is 16.1. The third kappa shape index (κ3) is 9.74. The second-order valence-corrected chi connectivity index (χ2v) is 5.91. The van der Waals surface area contributed by atoms with E-state index in [9.17, 15) is 4.79 Å². The minimum atomic E-state index is 0. The number of carbonyl (C=O) groups excluding carboxylic acids is 1. The van der Waals surface area contributed by atoms with Gasteiger partial charge in [-0.3, -0.25) is 9.78 Å². The number of allylic oxidation sites excluding steroid dienone is 1. The second kappa shape index (κ2) is 14.5. The average Bonchev–Trinajstić information content (AvgIpc) is 2.63.